The lowest BCUT2D eigenvalue weighted by Gasteiger charge is -2.11. The topological polar surface area (TPSA) is 41.9 Å². The smallest absolute Gasteiger partial charge is 0.367 e. The van der Waals surface area contributed by atoms with E-state index in [9.17, 15) is 4.79 Å². The largest absolute Gasteiger partial charge is 0.378 e. The van der Waals surface area contributed by atoms with Gasteiger partial charge in [0.15, 0.2) is 0 Å². The van der Waals surface area contributed by atoms with Gasteiger partial charge in [-0.25, -0.2) is 4.79 Å². The highest BCUT2D eigenvalue weighted by atomic mass is 16.7. The molecular weight excluding hydrogens is 240 g/mol. The van der Waals surface area contributed by atoms with E-state index >= 15 is 0 Å². The van der Waals surface area contributed by atoms with Crippen molar-refractivity contribution in [1.82, 2.24) is 0 Å². The number of benzene rings is 1. The average molecular weight is 258 g/mol. The minimum atomic E-state index is -0.361. The number of hydrogen-bond acceptors (Lipinski definition) is 4. The Morgan fingerprint density at radius 3 is 2.53 bits per heavy atom. The van der Waals surface area contributed by atoms with Crippen molar-refractivity contribution in [2.24, 2.45) is 5.16 Å². The van der Waals surface area contributed by atoms with Gasteiger partial charge in [0.05, 0.1) is 11.3 Å². The second kappa shape index (κ2) is 5.69. The lowest BCUT2D eigenvalue weighted by Crippen LogP contribution is -2.08. The van der Waals surface area contributed by atoms with Gasteiger partial charge in [-0.05, 0) is 30.2 Å². The van der Waals surface area contributed by atoms with Crippen LogP contribution in [0.15, 0.2) is 35.0 Å². The maximum atomic E-state index is 11.6. The molecule has 0 amide bonds. The van der Waals surface area contributed by atoms with Crippen molar-refractivity contribution in [3.05, 3.63) is 35.4 Å². The first kappa shape index (κ1) is 13.3. The van der Waals surface area contributed by atoms with Crippen molar-refractivity contribution < 1.29 is 9.63 Å². The van der Waals surface area contributed by atoms with Crippen LogP contribution in [0.2, 0.25) is 0 Å². The molecular formula is C15H18N2O2. The fourth-order valence-electron chi connectivity index (χ4n) is 1.91. The Labute approximate surface area is 113 Å². The van der Waals surface area contributed by atoms with Crippen LogP contribution in [0.1, 0.15) is 25.3 Å². The van der Waals surface area contributed by atoms with E-state index in [0.29, 0.717) is 5.57 Å². The Balaban J connectivity index is 2.24. The molecule has 100 valence electrons. The van der Waals surface area contributed by atoms with Gasteiger partial charge in [-0.15, -0.1) is 0 Å². The van der Waals surface area contributed by atoms with Gasteiger partial charge in [-0.2, -0.15) is 0 Å². The lowest BCUT2D eigenvalue weighted by molar-refractivity contribution is -0.136. The molecule has 19 heavy (non-hydrogen) atoms. The summed E-state index contributed by atoms with van der Waals surface area (Å²) in [5.74, 6) is -0.361. The monoisotopic (exact) mass is 258 g/mol. The molecule has 4 heteroatoms. The van der Waals surface area contributed by atoms with Crippen LogP contribution in [0.5, 0.6) is 0 Å². The predicted molar refractivity (Wildman–Crippen MR) is 77.2 cm³/mol. The van der Waals surface area contributed by atoms with E-state index in [-0.39, 0.29) is 5.97 Å². The van der Waals surface area contributed by atoms with Crippen molar-refractivity contribution in [1.29, 1.82) is 0 Å². The van der Waals surface area contributed by atoms with Crippen molar-refractivity contribution in [3.63, 3.8) is 0 Å². The van der Waals surface area contributed by atoms with Gasteiger partial charge in [-0.3, -0.25) is 0 Å². The molecule has 2 rings (SSSR count). The standard InChI is InChI=1S/C15H18N2O2/c1-4-5-14-13(15(18)19-16-14)10-11-6-8-12(9-7-11)17(2)3/h6-10H,4-5H2,1-3H3. The molecule has 1 aliphatic heterocycles. The normalized spacial score (nSPS) is 16.5. The SMILES string of the molecule is CCCC1=NOC(=O)C1=Cc1ccc(N(C)C)cc1. The summed E-state index contributed by atoms with van der Waals surface area (Å²) in [5.41, 5.74) is 3.41. The summed E-state index contributed by atoms with van der Waals surface area (Å²) < 4.78 is 0. The summed E-state index contributed by atoms with van der Waals surface area (Å²) in [5, 5.41) is 3.82. The first-order valence-corrected chi connectivity index (χ1v) is 6.39. The minimum absolute atomic E-state index is 0.361. The van der Waals surface area contributed by atoms with Gasteiger partial charge in [0.2, 0.25) is 0 Å². The number of oxime groups is 1. The number of nitrogens with zero attached hydrogens (tertiary/aromatic N) is 2. The predicted octanol–water partition coefficient (Wildman–Crippen LogP) is 2.85. The first-order valence-electron chi connectivity index (χ1n) is 6.39. The molecule has 1 aromatic rings. The molecule has 1 heterocycles. The van der Waals surface area contributed by atoms with E-state index in [1.165, 1.54) is 0 Å². The van der Waals surface area contributed by atoms with Crippen molar-refractivity contribution in [2.75, 3.05) is 19.0 Å². The van der Waals surface area contributed by atoms with Crippen LogP contribution < -0.4 is 4.90 Å². The molecule has 0 aromatic heterocycles. The zero-order valence-electron chi connectivity index (χ0n) is 11.5. The Hall–Kier alpha value is -2.10. The fraction of sp³-hybridized carbons (Fsp3) is 0.333. The second-order valence-electron chi connectivity index (χ2n) is 4.71. The highest BCUT2D eigenvalue weighted by molar-refractivity contribution is 6.25. The van der Waals surface area contributed by atoms with Gasteiger partial charge in [0, 0.05) is 19.8 Å². The third-order valence-electron chi connectivity index (χ3n) is 2.98. The van der Waals surface area contributed by atoms with Crippen molar-refractivity contribution in [2.45, 2.75) is 19.8 Å². The molecule has 0 N–H and O–H groups in total. The third kappa shape index (κ3) is 3.02. The summed E-state index contributed by atoms with van der Waals surface area (Å²) in [6.45, 7) is 2.05. The Morgan fingerprint density at radius 1 is 1.26 bits per heavy atom. The molecule has 0 unspecified atom stereocenters. The Morgan fingerprint density at radius 2 is 1.95 bits per heavy atom. The number of hydrogen-bond donors (Lipinski definition) is 0. The summed E-state index contributed by atoms with van der Waals surface area (Å²) in [6.07, 6.45) is 3.53. The highest BCUT2D eigenvalue weighted by Crippen LogP contribution is 2.20. The van der Waals surface area contributed by atoms with Crippen LogP contribution in [0, 0.1) is 0 Å². The first-order chi connectivity index (χ1) is 9.11. The van der Waals surface area contributed by atoms with Crippen molar-refractivity contribution in [3.8, 4) is 0 Å². The van der Waals surface area contributed by atoms with Gasteiger partial charge in [0.1, 0.15) is 0 Å². The third-order valence-corrected chi connectivity index (χ3v) is 2.98. The highest BCUT2D eigenvalue weighted by Gasteiger charge is 2.24. The van der Waals surface area contributed by atoms with Crippen LogP contribution >= 0.6 is 0 Å². The van der Waals surface area contributed by atoms with Crippen LogP contribution in [0.25, 0.3) is 6.08 Å². The zero-order valence-corrected chi connectivity index (χ0v) is 11.5. The van der Waals surface area contributed by atoms with Gasteiger partial charge in [-0.1, -0.05) is 30.6 Å². The minimum Gasteiger partial charge on any atom is -0.378 e. The number of rotatable bonds is 4. The molecule has 0 spiro atoms. The number of carbonyl (C=O) groups excluding carboxylic acids is 1. The van der Waals surface area contributed by atoms with E-state index in [2.05, 4.69) is 12.1 Å². The van der Waals surface area contributed by atoms with Crippen molar-refractivity contribution >= 4 is 23.4 Å². The second-order valence-corrected chi connectivity index (χ2v) is 4.71. The van der Waals surface area contributed by atoms with Gasteiger partial charge in [0.25, 0.3) is 0 Å². The van der Waals surface area contributed by atoms with Crippen LogP contribution in [-0.4, -0.2) is 25.8 Å². The van der Waals surface area contributed by atoms with E-state index in [4.69, 9.17) is 4.84 Å². The maximum Gasteiger partial charge on any atom is 0.367 e. The number of carbonyl (C=O) groups is 1. The molecule has 1 aliphatic rings. The molecule has 1 aromatic carbocycles. The summed E-state index contributed by atoms with van der Waals surface area (Å²) in [6, 6.07) is 8.00. The van der Waals surface area contributed by atoms with Crippen LogP contribution in [-0.2, 0) is 9.63 Å². The molecule has 0 radical (unpaired) electrons. The van der Waals surface area contributed by atoms with E-state index in [0.717, 1.165) is 29.8 Å². The quantitative estimate of drug-likeness (QED) is 0.616. The Bertz CT molecular complexity index is 528. The number of anilines is 1. The van der Waals surface area contributed by atoms with E-state index in [1.807, 2.05) is 49.3 Å². The summed E-state index contributed by atoms with van der Waals surface area (Å²) in [7, 11) is 3.99. The molecule has 4 nitrogen and oxygen atoms in total. The molecule has 0 saturated carbocycles. The van der Waals surface area contributed by atoms with E-state index in [1.54, 1.807) is 0 Å². The van der Waals surface area contributed by atoms with Gasteiger partial charge < -0.3 is 9.74 Å². The van der Waals surface area contributed by atoms with Gasteiger partial charge >= 0.3 is 5.97 Å². The molecule has 0 aliphatic carbocycles. The maximum absolute atomic E-state index is 11.6. The molecule has 0 saturated heterocycles. The van der Waals surface area contributed by atoms with E-state index < -0.39 is 0 Å². The summed E-state index contributed by atoms with van der Waals surface area (Å²) in [4.78, 5) is 18.4. The van der Waals surface area contributed by atoms with Crippen LogP contribution in [0.4, 0.5) is 5.69 Å². The summed E-state index contributed by atoms with van der Waals surface area (Å²) >= 11 is 0. The van der Waals surface area contributed by atoms with Crippen LogP contribution in [0.3, 0.4) is 0 Å². The fourth-order valence-corrected chi connectivity index (χ4v) is 1.91. The average Bonchev–Trinajstić information content (AvgIpc) is 2.73. The zero-order chi connectivity index (χ0) is 13.8. The lowest BCUT2D eigenvalue weighted by atomic mass is 10.0. The Kier molecular flexibility index (Phi) is 4.00. The molecule has 0 bridgehead atoms. The molecule has 0 atom stereocenters. The molecule has 0 fully saturated rings.